The lowest BCUT2D eigenvalue weighted by Gasteiger charge is -2.19. The molecule has 0 atom stereocenters. The van der Waals surface area contributed by atoms with Crippen molar-refractivity contribution in [2.45, 2.75) is 33.7 Å². The Bertz CT molecular complexity index is 425. The highest BCUT2D eigenvalue weighted by atomic mass is 16.5. The summed E-state index contributed by atoms with van der Waals surface area (Å²) in [7, 11) is 1.34. The molecule has 0 spiro atoms. The maximum atomic E-state index is 11.6. The second-order valence-electron chi connectivity index (χ2n) is 4.29. The molecule has 0 amide bonds. The lowest BCUT2D eigenvalue weighted by molar-refractivity contribution is 0.0595. The van der Waals surface area contributed by atoms with Crippen molar-refractivity contribution in [3.63, 3.8) is 0 Å². The number of carbonyl (C=O) groups excluding carboxylic acids is 1. The van der Waals surface area contributed by atoms with Crippen LogP contribution in [0.2, 0.25) is 0 Å². The van der Waals surface area contributed by atoms with Crippen LogP contribution >= 0.6 is 0 Å². The number of ether oxygens (including phenoxy) is 1. The van der Waals surface area contributed by atoms with E-state index in [0.29, 0.717) is 5.82 Å². The number of nitrogens with zero attached hydrogens (tertiary/aromatic N) is 3. The van der Waals surface area contributed by atoms with Gasteiger partial charge in [-0.1, -0.05) is 20.8 Å². The number of rotatable bonds is 7. The monoisotopic (exact) mass is 268 g/mol. The molecule has 0 bridgehead atoms. The standard InChI is InChI=1S/C13H24N4O2/c1-5-10-15-11(13(18)19-4)12(14)17(10)9-8-16(6-2)7-3/h5-9,14H2,1-4H3. The van der Waals surface area contributed by atoms with Gasteiger partial charge in [-0.2, -0.15) is 0 Å². The molecular weight excluding hydrogens is 244 g/mol. The fourth-order valence-corrected chi connectivity index (χ4v) is 2.06. The molecule has 0 saturated carbocycles. The predicted octanol–water partition coefficient (Wildman–Crippen LogP) is 1.16. The Balaban J connectivity index is 2.93. The summed E-state index contributed by atoms with van der Waals surface area (Å²) in [4.78, 5) is 18.2. The van der Waals surface area contributed by atoms with E-state index >= 15 is 0 Å². The van der Waals surface area contributed by atoms with Gasteiger partial charge in [-0.15, -0.1) is 0 Å². The summed E-state index contributed by atoms with van der Waals surface area (Å²) in [5.41, 5.74) is 6.23. The fraction of sp³-hybridized carbons (Fsp3) is 0.692. The summed E-state index contributed by atoms with van der Waals surface area (Å²) in [5, 5.41) is 0. The van der Waals surface area contributed by atoms with Crippen molar-refractivity contribution < 1.29 is 9.53 Å². The molecule has 0 saturated heterocycles. The van der Waals surface area contributed by atoms with Crippen molar-refractivity contribution in [2.24, 2.45) is 0 Å². The van der Waals surface area contributed by atoms with Crippen LogP contribution < -0.4 is 5.73 Å². The minimum absolute atomic E-state index is 0.221. The summed E-state index contributed by atoms with van der Waals surface area (Å²) in [5.74, 6) is 0.745. The molecule has 1 heterocycles. The summed E-state index contributed by atoms with van der Waals surface area (Å²) in [6.45, 7) is 9.87. The highest BCUT2D eigenvalue weighted by Gasteiger charge is 2.20. The average molecular weight is 268 g/mol. The van der Waals surface area contributed by atoms with Crippen LogP contribution in [-0.4, -0.2) is 47.2 Å². The SMILES string of the molecule is CCc1nc(C(=O)OC)c(N)n1CCN(CC)CC. The van der Waals surface area contributed by atoms with Gasteiger partial charge in [-0.05, 0) is 13.1 Å². The molecule has 2 N–H and O–H groups in total. The third-order valence-corrected chi connectivity index (χ3v) is 3.32. The van der Waals surface area contributed by atoms with Crippen LogP contribution in [0.1, 0.15) is 37.1 Å². The quantitative estimate of drug-likeness (QED) is 0.751. The number of hydrogen-bond acceptors (Lipinski definition) is 5. The smallest absolute Gasteiger partial charge is 0.360 e. The molecule has 0 aliphatic rings. The minimum Gasteiger partial charge on any atom is -0.464 e. The number of hydrogen-bond donors (Lipinski definition) is 1. The van der Waals surface area contributed by atoms with E-state index in [1.54, 1.807) is 0 Å². The van der Waals surface area contributed by atoms with E-state index in [0.717, 1.165) is 38.4 Å². The molecule has 1 rings (SSSR count). The highest BCUT2D eigenvalue weighted by molar-refractivity contribution is 5.92. The number of imidazole rings is 1. The van der Waals surface area contributed by atoms with E-state index in [1.165, 1.54) is 7.11 Å². The van der Waals surface area contributed by atoms with E-state index in [1.807, 2.05) is 11.5 Å². The molecule has 0 unspecified atom stereocenters. The van der Waals surface area contributed by atoms with Gasteiger partial charge in [0.25, 0.3) is 0 Å². The van der Waals surface area contributed by atoms with Crippen molar-refractivity contribution in [1.82, 2.24) is 14.5 Å². The van der Waals surface area contributed by atoms with E-state index < -0.39 is 5.97 Å². The molecule has 6 heteroatoms. The van der Waals surface area contributed by atoms with Gasteiger partial charge in [0.2, 0.25) is 0 Å². The molecule has 6 nitrogen and oxygen atoms in total. The van der Waals surface area contributed by atoms with Crippen molar-refractivity contribution in [3.8, 4) is 0 Å². The lowest BCUT2D eigenvalue weighted by Crippen LogP contribution is -2.27. The van der Waals surface area contributed by atoms with Gasteiger partial charge in [-0.25, -0.2) is 9.78 Å². The number of nitrogen functional groups attached to an aromatic ring is 1. The molecule has 0 radical (unpaired) electrons. The summed E-state index contributed by atoms with van der Waals surface area (Å²) in [6, 6.07) is 0. The molecule has 1 aromatic rings. The third kappa shape index (κ3) is 3.47. The Labute approximate surface area is 114 Å². The maximum Gasteiger partial charge on any atom is 0.360 e. The van der Waals surface area contributed by atoms with E-state index in [2.05, 4.69) is 23.7 Å². The largest absolute Gasteiger partial charge is 0.464 e. The minimum atomic E-state index is -0.478. The molecule has 0 aromatic carbocycles. The van der Waals surface area contributed by atoms with Gasteiger partial charge in [0.05, 0.1) is 7.11 Å². The Morgan fingerprint density at radius 2 is 2.00 bits per heavy atom. The second kappa shape index (κ2) is 7.13. The summed E-state index contributed by atoms with van der Waals surface area (Å²) >= 11 is 0. The summed E-state index contributed by atoms with van der Waals surface area (Å²) < 4.78 is 6.60. The number of anilines is 1. The normalized spacial score (nSPS) is 11.0. The van der Waals surface area contributed by atoms with Crippen LogP contribution in [0.25, 0.3) is 0 Å². The van der Waals surface area contributed by atoms with Crippen molar-refractivity contribution >= 4 is 11.8 Å². The maximum absolute atomic E-state index is 11.6. The van der Waals surface area contributed by atoms with Crippen LogP contribution in [0, 0.1) is 0 Å². The predicted molar refractivity (Wildman–Crippen MR) is 75.1 cm³/mol. The fourth-order valence-electron chi connectivity index (χ4n) is 2.06. The van der Waals surface area contributed by atoms with E-state index in [9.17, 15) is 4.79 Å². The first-order valence-corrected chi connectivity index (χ1v) is 6.74. The first kappa shape index (κ1) is 15.5. The van der Waals surface area contributed by atoms with Crippen LogP contribution in [0.3, 0.4) is 0 Å². The van der Waals surface area contributed by atoms with Gasteiger partial charge in [0.15, 0.2) is 5.69 Å². The molecule has 19 heavy (non-hydrogen) atoms. The summed E-state index contributed by atoms with van der Waals surface area (Å²) in [6.07, 6.45) is 0.736. The van der Waals surface area contributed by atoms with Crippen LogP contribution in [-0.2, 0) is 17.7 Å². The van der Waals surface area contributed by atoms with Crippen LogP contribution in [0.4, 0.5) is 5.82 Å². The number of esters is 1. The number of aryl methyl sites for hydroxylation is 1. The Morgan fingerprint density at radius 3 is 2.47 bits per heavy atom. The second-order valence-corrected chi connectivity index (χ2v) is 4.29. The number of likely N-dealkylation sites (N-methyl/N-ethyl adjacent to an activating group) is 1. The number of carbonyl (C=O) groups is 1. The van der Waals surface area contributed by atoms with Crippen LogP contribution in [0.15, 0.2) is 0 Å². The van der Waals surface area contributed by atoms with Crippen LogP contribution in [0.5, 0.6) is 0 Å². The number of methoxy groups -OCH3 is 1. The van der Waals surface area contributed by atoms with Crippen molar-refractivity contribution in [2.75, 3.05) is 32.5 Å². The molecule has 1 aromatic heterocycles. The highest BCUT2D eigenvalue weighted by Crippen LogP contribution is 2.16. The van der Waals surface area contributed by atoms with Gasteiger partial charge in [0, 0.05) is 19.5 Å². The zero-order valence-corrected chi connectivity index (χ0v) is 12.3. The van der Waals surface area contributed by atoms with Gasteiger partial charge >= 0.3 is 5.97 Å². The van der Waals surface area contributed by atoms with Gasteiger partial charge in [-0.3, -0.25) is 0 Å². The third-order valence-electron chi connectivity index (χ3n) is 3.32. The molecule has 0 aliphatic heterocycles. The first-order chi connectivity index (χ1) is 9.08. The molecule has 108 valence electrons. The lowest BCUT2D eigenvalue weighted by atomic mass is 10.4. The Kier molecular flexibility index (Phi) is 5.82. The molecule has 0 fully saturated rings. The molecule has 0 aliphatic carbocycles. The van der Waals surface area contributed by atoms with Crippen molar-refractivity contribution in [1.29, 1.82) is 0 Å². The van der Waals surface area contributed by atoms with Crippen molar-refractivity contribution in [3.05, 3.63) is 11.5 Å². The Morgan fingerprint density at radius 1 is 1.37 bits per heavy atom. The number of nitrogens with two attached hydrogens (primary N) is 1. The Hall–Kier alpha value is -1.56. The first-order valence-electron chi connectivity index (χ1n) is 6.74. The zero-order chi connectivity index (χ0) is 14.4. The molecular formula is C13H24N4O2. The van der Waals surface area contributed by atoms with E-state index in [4.69, 9.17) is 10.5 Å². The van der Waals surface area contributed by atoms with E-state index in [-0.39, 0.29) is 5.69 Å². The topological polar surface area (TPSA) is 73.4 Å². The zero-order valence-electron chi connectivity index (χ0n) is 12.3. The number of aromatic nitrogens is 2. The van der Waals surface area contributed by atoms with Gasteiger partial charge < -0.3 is 19.9 Å². The van der Waals surface area contributed by atoms with Gasteiger partial charge in [0.1, 0.15) is 11.6 Å². The average Bonchev–Trinajstić information content (AvgIpc) is 2.76.